The van der Waals surface area contributed by atoms with Crippen LogP contribution in [0.4, 0.5) is 13.2 Å². The average Bonchev–Trinajstić information content (AvgIpc) is 3.05. The lowest BCUT2D eigenvalue weighted by molar-refractivity contribution is -0.140. The van der Waals surface area contributed by atoms with Crippen LogP contribution in [-0.4, -0.2) is 20.6 Å². The predicted octanol–water partition coefficient (Wildman–Crippen LogP) is 3.30. The Balaban J connectivity index is 2.03. The first-order valence-electron chi connectivity index (χ1n) is 8.04. The minimum absolute atomic E-state index is 0.110. The number of hydrogen-bond donors (Lipinski definition) is 3. The number of nitrogens with two attached hydrogens (primary N) is 1. The number of rotatable bonds is 2. The van der Waals surface area contributed by atoms with Gasteiger partial charge in [-0.3, -0.25) is 9.59 Å². The van der Waals surface area contributed by atoms with Gasteiger partial charge >= 0.3 is 6.18 Å². The molecule has 0 saturated carbocycles. The minimum atomic E-state index is -4.52. The normalized spacial score (nSPS) is 12.0. The Bertz CT molecular complexity index is 1320. The summed E-state index contributed by atoms with van der Waals surface area (Å²) in [5, 5.41) is 10.3. The van der Waals surface area contributed by atoms with Gasteiger partial charge in [-0.2, -0.15) is 13.2 Å². The molecular formula is C19H12F3N3O3. The van der Waals surface area contributed by atoms with Gasteiger partial charge < -0.3 is 20.4 Å². The van der Waals surface area contributed by atoms with E-state index in [-0.39, 0.29) is 27.7 Å². The number of carbonyl (C=O) groups is 1. The van der Waals surface area contributed by atoms with Crippen molar-refractivity contribution in [2.75, 3.05) is 0 Å². The molecule has 0 aliphatic carbocycles. The zero-order valence-electron chi connectivity index (χ0n) is 14.0. The highest BCUT2D eigenvalue weighted by Crippen LogP contribution is 2.32. The first-order valence-corrected chi connectivity index (χ1v) is 8.04. The molecule has 142 valence electrons. The van der Waals surface area contributed by atoms with Gasteiger partial charge in [0.05, 0.1) is 10.9 Å². The Morgan fingerprint density at radius 2 is 1.89 bits per heavy atom. The quantitative estimate of drug-likeness (QED) is 0.492. The zero-order valence-corrected chi connectivity index (χ0v) is 14.0. The molecule has 2 aromatic carbocycles. The molecule has 2 heterocycles. The summed E-state index contributed by atoms with van der Waals surface area (Å²) < 4.78 is 40.2. The molecule has 0 atom stereocenters. The highest BCUT2D eigenvalue weighted by atomic mass is 19.4. The number of halogens is 3. The van der Waals surface area contributed by atoms with E-state index in [2.05, 4.69) is 4.98 Å². The summed E-state index contributed by atoms with van der Waals surface area (Å²) in [5.41, 5.74) is 4.19. The third-order valence-corrected chi connectivity index (χ3v) is 4.46. The Labute approximate surface area is 154 Å². The van der Waals surface area contributed by atoms with Gasteiger partial charge in [0.25, 0.3) is 5.91 Å². The smallest absolute Gasteiger partial charge is 0.431 e. The molecule has 0 radical (unpaired) electrons. The van der Waals surface area contributed by atoms with Gasteiger partial charge in [-0.1, -0.05) is 12.1 Å². The number of amides is 1. The van der Waals surface area contributed by atoms with Crippen LogP contribution in [-0.2, 0) is 6.18 Å². The summed E-state index contributed by atoms with van der Waals surface area (Å²) in [6, 6.07) is 9.80. The third kappa shape index (κ3) is 2.68. The lowest BCUT2D eigenvalue weighted by Crippen LogP contribution is -2.23. The lowest BCUT2D eigenvalue weighted by atomic mass is 10.1. The molecule has 6 nitrogen and oxygen atoms in total. The van der Waals surface area contributed by atoms with E-state index in [1.807, 2.05) is 0 Å². The number of benzene rings is 2. The van der Waals surface area contributed by atoms with E-state index in [1.165, 1.54) is 41.1 Å². The fraction of sp³-hybridized carbons (Fsp3) is 0.0526. The van der Waals surface area contributed by atoms with Crippen molar-refractivity contribution < 1.29 is 23.1 Å². The number of H-pyrrole nitrogens is 1. The molecule has 0 fully saturated rings. The molecule has 0 aliphatic rings. The van der Waals surface area contributed by atoms with Crippen molar-refractivity contribution in [1.82, 2.24) is 9.55 Å². The molecule has 4 N–H and O–H groups in total. The molecule has 0 bridgehead atoms. The number of aromatic nitrogens is 2. The van der Waals surface area contributed by atoms with E-state index in [0.29, 0.717) is 11.1 Å². The van der Waals surface area contributed by atoms with Gasteiger partial charge in [-0.25, -0.2) is 0 Å². The SMILES string of the molecule is NC(=O)c1cn(-c2ccc3cc(C(F)(F)F)[nH]c3c2)c2cccc(O)c2c1=O. The van der Waals surface area contributed by atoms with E-state index in [9.17, 15) is 27.9 Å². The molecule has 2 aromatic heterocycles. The van der Waals surface area contributed by atoms with Crippen molar-refractivity contribution in [3.63, 3.8) is 0 Å². The Hall–Kier alpha value is -3.75. The number of carbonyl (C=O) groups excluding carboxylic acids is 1. The van der Waals surface area contributed by atoms with Crippen molar-refractivity contribution in [1.29, 1.82) is 0 Å². The number of fused-ring (bicyclic) bond motifs is 2. The van der Waals surface area contributed by atoms with Crippen LogP contribution in [0, 0.1) is 0 Å². The molecule has 1 amide bonds. The molecule has 4 rings (SSSR count). The van der Waals surface area contributed by atoms with Crippen LogP contribution in [0.25, 0.3) is 27.5 Å². The van der Waals surface area contributed by atoms with E-state index < -0.39 is 23.2 Å². The number of aromatic hydroxyl groups is 1. The molecule has 0 aliphatic heterocycles. The molecule has 28 heavy (non-hydrogen) atoms. The highest BCUT2D eigenvalue weighted by molar-refractivity contribution is 5.98. The van der Waals surface area contributed by atoms with Gasteiger partial charge in [0.15, 0.2) is 0 Å². The molecule has 4 aromatic rings. The maximum atomic E-state index is 12.9. The minimum Gasteiger partial charge on any atom is -0.507 e. The van der Waals surface area contributed by atoms with Gasteiger partial charge in [-0.05, 0) is 30.3 Å². The number of alkyl halides is 3. The number of phenolic OH excluding ortho intramolecular Hbond substituents is 1. The summed E-state index contributed by atoms with van der Waals surface area (Å²) in [6.45, 7) is 0. The van der Waals surface area contributed by atoms with E-state index in [4.69, 9.17) is 5.73 Å². The van der Waals surface area contributed by atoms with Gasteiger partial charge in [0.2, 0.25) is 5.43 Å². The zero-order chi connectivity index (χ0) is 20.2. The van der Waals surface area contributed by atoms with Crippen molar-refractivity contribution in [2.45, 2.75) is 6.18 Å². The number of phenols is 1. The largest absolute Gasteiger partial charge is 0.507 e. The molecule has 0 unspecified atom stereocenters. The molecular weight excluding hydrogens is 375 g/mol. The first kappa shape index (κ1) is 17.7. The standard InChI is InChI=1S/C19H12F3N3O3/c20-19(21,22)15-6-9-4-5-10(7-12(9)24-15)25-8-11(18(23)28)17(27)16-13(25)2-1-3-14(16)26/h1-8,24,26H,(H2,23,28). The molecule has 9 heteroatoms. The average molecular weight is 387 g/mol. The summed E-state index contributed by atoms with van der Waals surface area (Å²) >= 11 is 0. The number of nitrogens with one attached hydrogen (secondary N) is 1. The van der Waals surface area contributed by atoms with Crippen LogP contribution in [0.3, 0.4) is 0 Å². The fourth-order valence-electron chi connectivity index (χ4n) is 3.16. The van der Waals surface area contributed by atoms with Gasteiger partial charge in [-0.15, -0.1) is 0 Å². The Morgan fingerprint density at radius 1 is 1.14 bits per heavy atom. The second kappa shape index (κ2) is 5.88. The highest BCUT2D eigenvalue weighted by Gasteiger charge is 2.32. The fourth-order valence-corrected chi connectivity index (χ4v) is 3.16. The molecule has 0 saturated heterocycles. The second-order valence-corrected chi connectivity index (χ2v) is 6.23. The van der Waals surface area contributed by atoms with Crippen LogP contribution < -0.4 is 11.2 Å². The van der Waals surface area contributed by atoms with Crippen LogP contribution >= 0.6 is 0 Å². The Kier molecular flexibility index (Phi) is 3.71. The topological polar surface area (TPSA) is 101 Å². The van der Waals surface area contributed by atoms with Crippen LogP contribution in [0.2, 0.25) is 0 Å². The maximum Gasteiger partial charge on any atom is 0.431 e. The van der Waals surface area contributed by atoms with Crippen LogP contribution in [0.15, 0.2) is 53.5 Å². The van der Waals surface area contributed by atoms with Crippen LogP contribution in [0.1, 0.15) is 16.1 Å². The second-order valence-electron chi connectivity index (χ2n) is 6.23. The summed E-state index contributed by atoms with van der Waals surface area (Å²) in [7, 11) is 0. The van der Waals surface area contributed by atoms with Gasteiger partial charge in [0, 0.05) is 22.8 Å². The lowest BCUT2D eigenvalue weighted by Gasteiger charge is -2.13. The number of hydrogen-bond acceptors (Lipinski definition) is 3. The number of primary amides is 1. The van der Waals surface area contributed by atoms with Crippen molar-refractivity contribution in [3.8, 4) is 11.4 Å². The number of pyridine rings is 1. The van der Waals surface area contributed by atoms with Crippen molar-refractivity contribution >= 4 is 27.7 Å². The summed E-state index contributed by atoms with van der Waals surface area (Å²) in [6.07, 6.45) is -3.31. The monoisotopic (exact) mass is 387 g/mol. The van der Waals surface area contributed by atoms with E-state index in [1.54, 1.807) is 6.07 Å². The first-order chi connectivity index (χ1) is 13.2. The van der Waals surface area contributed by atoms with Crippen molar-refractivity contribution in [2.24, 2.45) is 5.73 Å². The van der Waals surface area contributed by atoms with Crippen molar-refractivity contribution in [3.05, 3.63) is 70.1 Å². The maximum absolute atomic E-state index is 12.9. The van der Waals surface area contributed by atoms with Crippen LogP contribution in [0.5, 0.6) is 5.75 Å². The van der Waals surface area contributed by atoms with E-state index in [0.717, 1.165) is 6.07 Å². The summed E-state index contributed by atoms with van der Waals surface area (Å²) in [4.78, 5) is 26.5. The Morgan fingerprint density at radius 3 is 2.57 bits per heavy atom. The number of aromatic amines is 1. The number of nitrogens with zero attached hydrogens (tertiary/aromatic N) is 1. The molecule has 0 spiro atoms. The van der Waals surface area contributed by atoms with E-state index >= 15 is 0 Å². The summed E-state index contributed by atoms with van der Waals surface area (Å²) in [5.74, 6) is -1.32. The van der Waals surface area contributed by atoms with Gasteiger partial charge in [0.1, 0.15) is 17.0 Å². The predicted molar refractivity (Wildman–Crippen MR) is 96.6 cm³/mol. The third-order valence-electron chi connectivity index (χ3n) is 4.46.